The zero-order valence-electron chi connectivity index (χ0n) is 24.5. The van der Waals surface area contributed by atoms with Crippen molar-refractivity contribution in [3.63, 3.8) is 0 Å². The number of hydrogen-bond donors (Lipinski definition) is 6. The number of piperidine rings is 1. The molecule has 1 aliphatic heterocycles. The van der Waals surface area contributed by atoms with Gasteiger partial charge in [0.25, 0.3) is 0 Å². The van der Waals surface area contributed by atoms with E-state index in [9.17, 15) is 5.11 Å². The van der Waals surface area contributed by atoms with Gasteiger partial charge in [-0.3, -0.25) is 0 Å². The number of aromatic nitrogens is 3. The lowest BCUT2D eigenvalue weighted by Crippen LogP contribution is -2.30. The van der Waals surface area contributed by atoms with Gasteiger partial charge in [0.05, 0.1) is 17.5 Å². The van der Waals surface area contributed by atoms with Gasteiger partial charge in [0.15, 0.2) is 5.82 Å². The molecule has 0 bridgehead atoms. The predicted molar refractivity (Wildman–Crippen MR) is 165 cm³/mol. The van der Waals surface area contributed by atoms with Crippen molar-refractivity contribution in [1.29, 1.82) is 0 Å². The highest BCUT2D eigenvalue weighted by Gasteiger charge is 2.19. The van der Waals surface area contributed by atoms with Crippen LogP contribution in [0, 0.1) is 6.92 Å². The minimum atomic E-state index is -0.0266. The Morgan fingerprint density at radius 3 is 2.44 bits per heavy atom. The Kier molecular flexibility index (Phi) is 14.1. The van der Waals surface area contributed by atoms with Gasteiger partial charge in [-0.15, -0.1) is 10.2 Å². The molecule has 2 aliphatic rings. The number of aliphatic hydroxyl groups is 1. The van der Waals surface area contributed by atoms with E-state index >= 15 is 0 Å². The maximum absolute atomic E-state index is 9.89. The fourth-order valence-corrected chi connectivity index (χ4v) is 4.12. The molecule has 0 radical (unpaired) electrons. The Morgan fingerprint density at radius 1 is 1.02 bits per heavy atom. The summed E-state index contributed by atoms with van der Waals surface area (Å²) in [6.07, 6.45) is 10.1. The van der Waals surface area contributed by atoms with Gasteiger partial charge in [0, 0.05) is 30.9 Å². The predicted octanol–water partition coefficient (Wildman–Crippen LogP) is 4.29. The van der Waals surface area contributed by atoms with E-state index in [1.807, 2.05) is 24.3 Å². The molecule has 7 N–H and O–H groups in total. The molecule has 0 unspecified atom stereocenters. The number of rotatable bonds is 10. The number of aryl methyl sites for hydroxylation is 1. The number of anilines is 2. The van der Waals surface area contributed by atoms with E-state index in [1.54, 1.807) is 24.4 Å². The molecule has 3 aromatic rings. The van der Waals surface area contributed by atoms with Crippen LogP contribution in [0.5, 0.6) is 11.6 Å². The largest absolute Gasteiger partial charge is 0.507 e. The van der Waals surface area contributed by atoms with Crippen molar-refractivity contribution in [2.45, 2.75) is 71.0 Å². The van der Waals surface area contributed by atoms with Crippen LogP contribution in [-0.2, 0) is 0 Å². The first-order valence-electron chi connectivity index (χ1n) is 14.8. The van der Waals surface area contributed by atoms with Crippen molar-refractivity contribution in [3.8, 4) is 22.9 Å². The number of ether oxygens (including phenoxy) is 1. The van der Waals surface area contributed by atoms with Crippen molar-refractivity contribution in [3.05, 3.63) is 54.2 Å². The number of unbranched alkanes of at least 4 members (excludes halogenated alkanes) is 1. The van der Waals surface area contributed by atoms with Crippen molar-refractivity contribution in [2.75, 3.05) is 43.8 Å². The molecular formula is C31H47N7O3. The maximum atomic E-state index is 9.89. The number of nitrogens with two attached hydrogens (primary N) is 1. The van der Waals surface area contributed by atoms with Crippen LogP contribution in [0.1, 0.15) is 57.4 Å². The number of nitrogens with one attached hydrogen (secondary N) is 3. The number of aliphatic hydroxyl groups excluding tert-OH is 1. The molecule has 10 nitrogen and oxygen atoms in total. The first-order valence-corrected chi connectivity index (χ1v) is 14.8. The van der Waals surface area contributed by atoms with Gasteiger partial charge in [0.2, 0.25) is 5.88 Å². The average molecular weight is 566 g/mol. The normalized spacial score (nSPS) is 15.0. The Labute approximate surface area is 244 Å². The van der Waals surface area contributed by atoms with E-state index < -0.39 is 0 Å². The van der Waals surface area contributed by atoms with Crippen LogP contribution in [0.15, 0.2) is 48.7 Å². The van der Waals surface area contributed by atoms with E-state index in [4.69, 9.17) is 15.6 Å². The number of nitrogen functional groups attached to an aromatic ring is 1. The van der Waals surface area contributed by atoms with E-state index in [1.165, 1.54) is 37.7 Å². The maximum Gasteiger partial charge on any atom is 0.213 e. The van der Waals surface area contributed by atoms with E-state index in [0.29, 0.717) is 23.2 Å². The second kappa shape index (κ2) is 18.1. The molecular weight excluding hydrogens is 518 g/mol. The highest BCUT2D eigenvalue weighted by molar-refractivity contribution is 5.73. The molecule has 2 aromatic heterocycles. The molecule has 1 saturated heterocycles. The first kappa shape index (κ1) is 32.0. The second-order valence-corrected chi connectivity index (χ2v) is 10.4. The Hall–Kier alpha value is -3.47. The monoisotopic (exact) mass is 565 g/mol. The first-order chi connectivity index (χ1) is 20.0. The summed E-state index contributed by atoms with van der Waals surface area (Å²) in [6.45, 7) is 8.82. The Bertz CT molecular complexity index is 1150. The Morgan fingerprint density at radius 2 is 1.80 bits per heavy atom. The lowest BCUT2D eigenvalue weighted by Gasteiger charge is -2.25. The third-order valence-electron chi connectivity index (χ3n) is 6.87. The van der Waals surface area contributed by atoms with Crippen LogP contribution < -0.4 is 26.4 Å². The van der Waals surface area contributed by atoms with Crippen molar-refractivity contribution in [2.24, 2.45) is 0 Å². The summed E-state index contributed by atoms with van der Waals surface area (Å²) in [7, 11) is 0. The molecule has 1 aromatic carbocycles. The molecule has 0 spiro atoms. The fraction of sp³-hybridized carbons (Fsp3) is 0.516. The third-order valence-corrected chi connectivity index (χ3v) is 6.87. The minimum absolute atomic E-state index is 0.0266. The molecule has 2 fully saturated rings. The van der Waals surface area contributed by atoms with Crippen molar-refractivity contribution in [1.82, 2.24) is 25.8 Å². The highest BCUT2D eigenvalue weighted by Crippen LogP contribution is 2.29. The molecule has 41 heavy (non-hydrogen) atoms. The van der Waals surface area contributed by atoms with Crippen LogP contribution >= 0.6 is 0 Å². The smallest absolute Gasteiger partial charge is 0.213 e. The number of para-hydroxylation sites is 1. The zero-order chi connectivity index (χ0) is 29.3. The summed E-state index contributed by atoms with van der Waals surface area (Å²) in [6, 6.07) is 12.8. The van der Waals surface area contributed by atoms with Crippen LogP contribution in [-0.4, -0.2) is 70.3 Å². The summed E-state index contributed by atoms with van der Waals surface area (Å²) in [4.78, 5) is 4.14. The highest BCUT2D eigenvalue weighted by atomic mass is 16.5. The van der Waals surface area contributed by atoms with Gasteiger partial charge in [-0.05, 0) is 94.9 Å². The zero-order valence-corrected chi connectivity index (χ0v) is 24.5. The lowest BCUT2D eigenvalue weighted by atomic mass is 9.96. The molecule has 5 rings (SSSR count). The van der Waals surface area contributed by atoms with Crippen molar-refractivity contribution < 1.29 is 14.9 Å². The molecule has 10 heteroatoms. The Balaban J connectivity index is 0.000000200. The fourth-order valence-electron chi connectivity index (χ4n) is 4.12. The van der Waals surface area contributed by atoms with E-state index in [0.717, 1.165) is 57.1 Å². The summed E-state index contributed by atoms with van der Waals surface area (Å²) in [5, 5.41) is 36.5. The topological polar surface area (TPSA) is 150 Å². The van der Waals surface area contributed by atoms with Crippen LogP contribution in [0.4, 0.5) is 11.5 Å². The molecule has 3 heterocycles. The van der Waals surface area contributed by atoms with E-state index in [-0.39, 0.29) is 11.9 Å². The number of aromatic hydroxyl groups is 1. The second-order valence-electron chi connectivity index (χ2n) is 10.4. The molecule has 224 valence electrons. The molecule has 1 aliphatic carbocycles. The molecule has 0 atom stereocenters. The summed E-state index contributed by atoms with van der Waals surface area (Å²) in [5.41, 5.74) is 9.01. The number of hydrogen-bond acceptors (Lipinski definition) is 10. The number of nitrogens with zero attached hydrogens (tertiary/aromatic N) is 3. The van der Waals surface area contributed by atoms with Gasteiger partial charge in [0.1, 0.15) is 11.9 Å². The SMILES string of the molecule is CCCCNCCNc1cc(-c2ccccc2O)nnc1N.Cc1ccnc(OC2CCC2)c1.OC1CCNCC1. The van der Waals surface area contributed by atoms with Gasteiger partial charge in [-0.1, -0.05) is 25.5 Å². The van der Waals surface area contributed by atoms with Crippen LogP contribution in [0.25, 0.3) is 11.3 Å². The third kappa shape index (κ3) is 11.9. The average Bonchev–Trinajstić information content (AvgIpc) is 2.95. The number of pyridine rings is 1. The number of phenols is 1. The van der Waals surface area contributed by atoms with Gasteiger partial charge >= 0.3 is 0 Å². The molecule has 1 saturated carbocycles. The number of benzene rings is 1. The molecule has 0 amide bonds. The standard InChI is InChI=1S/C16H23N5O.C10H13NO.C5H11NO/c1-2-3-8-18-9-10-19-14-11-13(20-21-16(14)17)12-6-4-5-7-15(12)22;1-8-5-6-11-10(7-8)12-9-3-2-4-9;7-5-1-3-6-4-2-5/h4-7,11,18,22H,2-3,8-10H2,1H3,(H2,17,21)(H,19,20);5-7,9H,2-4H2,1H3;5-7H,1-4H2. The van der Waals surface area contributed by atoms with Crippen LogP contribution in [0.3, 0.4) is 0 Å². The lowest BCUT2D eigenvalue weighted by molar-refractivity contribution is 0.114. The summed E-state index contributed by atoms with van der Waals surface area (Å²) >= 11 is 0. The summed E-state index contributed by atoms with van der Waals surface area (Å²) < 4.78 is 5.62. The van der Waals surface area contributed by atoms with Crippen molar-refractivity contribution >= 4 is 11.5 Å². The van der Waals surface area contributed by atoms with Crippen LogP contribution in [0.2, 0.25) is 0 Å². The summed E-state index contributed by atoms with van der Waals surface area (Å²) in [5.74, 6) is 1.31. The van der Waals surface area contributed by atoms with Gasteiger partial charge in [-0.25, -0.2) is 4.98 Å². The quantitative estimate of drug-likeness (QED) is 0.197. The van der Waals surface area contributed by atoms with Gasteiger partial charge < -0.3 is 36.6 Å². The van der Waals surface area contributed by atoms with E-state index in [2.05, 4.69) is 45.0 Å². The van der Waals surface area contributed by atoms with Gasteiger partial charge in [-0.2, -0.15) is 0 Å². The number of phenolic OH excluding ortho intramolecular Hbond substituents is 1. The minimum Gasteiger partial charge on any atom is -0.507 e.